The molecule has 0 bridgehead atoms. The minimum absolute atomic E-state index is 0.0838. The largest absolute Gasteiger partial charge is 0.462 e. The van der Waals surface area contributed by atoms with Crippen molar-refractivity contribution in [2.75, 3.05) is 6.61 Å². The van der Waals surface area contributed by atoms with Crippen LogP contribution in [0.15, 0.2) is 54.7 Å². The fraction of sp³-hybridized carbons (Fsp3) is 0.143. The molecule has 1 heterocycles. The first-order valence-electron chi connectivity index (χ1n) is 8.40. The van der Waals surface area contributed by atoms with Crippen LogP contribution in [0.5, 0.6) is 11.6 Å². The number of rotatable bonds is 5. The highest BCUT2D eigenvalue weighted by atomic mass is 16.5. The molecule has 134 valence electrons. The highest BCUT2D eigenvalue weighted by Crippen LogP contribution is 2.29. The summed E-state index contributed by atoms with van der Waals surface area (Å²) in [5.74, 6) is 0.381. The van der Waals surface area contributed by atoms with Gasteiger partial charge in [0.05, 0.1) is 18.2 Å². The molecule has 6 heteroatoms. The minimum atomic E-state index is -0.568. The molecule has 0 saturated heterocycles. The molecule has 0 aliphatic heterocycles. The molecule has 0 N–H and O–H groups in total. The lowest BCUT2D eigenvalue weighted by Crippen LogP contribution is -2.09. The summed E-state index contributed by atoms with van der Waals surface area (Å²) < 4.78 is 11.0. The zero-order valence-corrected chi connectivity index (χ0v) is 15.0. The standard InChI is InChI=1S/C21H17N3O3/c1-3-26-21(25)17-13-23-19(16-7-5-4-6-8-16)24-20(17)27-18-11-15(12-22)10-9-14(18)2/h4-11,13H,3H2,1-2H3. The number of aryl methyl sites for hydroxylation is 1. The van der Waals surface area contributed by atoms with Crippen LogP contribution in [0.1, 0.15) is 28.4 Å². The van der Waals surface area contributed by atoms with Crippen molar-refractivity contribution >= 4 is 5.97 Å². The molecule has 1 aromatic heterocycles. The third-order valence-electron chi connectivity index (χ3n) is 3.80. The van der Waals surface area contributed by atoms with Crippen molar-refractivity contribution < 1.29 is 14.3 Å². The van der Waals surface area contributed by atoms with Crippen molar-refractivity contribution in [1.82, 2.24) is 9.97 Å². The third-order valence-corrected chi connectivity index (χ3v) is 3.80. The molecule has 0 radical (unpaired) electrons. The summed E-state index contributed by atoms with van der Waals surface area (Å²) in [5.41, 5.74) is 2.17. The number of hydrogen-bond donors (Lipinski definition) is 0. The number of nitrogens with zero attached hydrogens (tertiary/aromatic N) is 3. The van der Waals surface area contributed by atoms with Crippen LogP contribution in [-0.4, -0.2) is 22.5 Å². The Morgan fingerprint density at radius 1 is 1.19 bits per heavy atom. The maximum absolute atomic E-state index is 12.3. The maximum Gasteiger partial charge on any atom is 0.345 e. The lowest BCUT2D eigenvalue weighted by molar-refractivity contribution is 0.0522. The predicted octanol–water partition coefficient (Wildman–Crippen LogP) is 4.29. The Hall–Kier alpha value is -3.72. The van der Waals surface area contributed by atoms with Crippen LogP contribution < -0.4 is 4.74 Å². The molecule has 0 saturated carbocycles. The number of aromatic nitrogens is 2. The highest BCUT2D eigenvalue weighted by Gasteiger charge is 2.19. The van der Waals surface area contributed by atoms with E-state index in [1.165, 1.54) is 6.20 Å². The van der Waals surface area contributed by atoms with Gasteiger partial charge in [-0.25, -0.2) is 9.78 Å². The summed E-state index contributed by atoms with van der Waals surface area (Å²) in [6.45, 7) is 3.79. The maximum atomic E-state index is 12.3. The molecular weight excluding hydrogens is 342 g/mol. The zero-order valence-electron chi connectivity index (χ0n) is 15.0. The van der Waals surface area contributed by atoms with Crippen LogP contribution in [0.4, 0.5) is 0 Å². The van der Waals surface area contributed by atoms with Gasteiger partial charge >= 0.3 is 5.97 Å². The van der Waals surface area contributed by atoms with Gasteiger partial charge in [0.25, 0.3) is 0 Å². The van der Waals surface area contributed by atoms with Crippen molar-refractivity contribution in [2.45, 2.75) is 13.8 Å². The van der Waals surface area contributed by atoms with Crippen molar-refractivity contribution in [3.05, 3.63) is 71.4 Å². The number of carbonyl (C=O) groups is 1. The van der Waals surface area contributed by atoms with E-state index in [1.807, 2.05) is 37.3 Å². The average Bonchev–Trinajstić information content (AvgIpc) is 2.70. The summed E-state index contributed by atoms with van der Waals surface area (Å²) in [4.78, 5) is 21.0. The first kappa shape index (κ1) is 18.1. The normalized spacial score (nSPS) is 10.1. The van der Waals surface area contributed by atoms with Crippen molar-refractivity contribution in [1.29, 1.82) is 5.26 Å². The van der Waals surface area contributed by atoms with Gasteiger partial charge in [-0.3, -0.25) is 0 Å². The fourth-order valence-corrected chi connectivity index (χ4v) is 2.40. The quantitative estimate of drug-likeness (QED) is 0.632. The van der Waals surface area contributed by atoms with E-state index in [9.17, 15) is 4.79 Å². The molecule has 0 aliphatic rings. The van der Waals surface area contributed by atoms with E-state index in [1.54, 1.807) is 25.1 Å². The Labute approximate surface area is 157 Å². The molecule has 3 rings (SSSR count). The topological polar surface area (TPSA) is 85.1 Å². The number of benzene rings is 2. The lowest BCUT2D eigenvalue weighted by atomic mass is 10.1. The second-order valence-corrected chi connectivity index (χ2v) is 5.69. The van der Waals surface area contributed by atoms with Gasteiger partial charge < -0.3 is 9.47 Å². The third kappa shape index (κ3) is 4.10. The van der Waals surface area contributed by atoms with E-state index in [0.717, 1.165) is 11.1 Å². The Morgan fingerprint density at radius 3 is 2.67 bits per heavy atom. The monoisotopic (exact) mass is 359 g/mol. The highest BCUT2D eigenvalue weighted by molar-refractivity contribution is 5.91. The summed E-state index contributed by atoms with van der Waals surface area (Å²) in [6, 6.07) is 16.5. The molecule has 2 aromatic carbocycles. The summed E-state index contributed by atoms with van der Waals surface area (Å²) >= 11 is 0. The van der Waals surface area contributed by atoms with Crippen LogP contribution >= 0.6 is 0 Å². The van der Waals surface area contributed by atoms with E-state index >= 15 is 0 Å². The van der Waals surface area contributed by atoms with Crippen molar-refractivity contribution in [2.24, 2.45) is 0 Å². The molecule has 27 heavy (non-hydrogen) atoms. The van der Waals surface area contributed by atoms with Gasteiger partial charge in [0.2, 0.25) is 5.88 Å². The second kappa shape index (κ2) is 8.11. The number of ether oxygens (including phenoxy) is 2. The van der Waals surface area contributed by atoms with Crippen LogP contribution in [0, 0.1) is 18.3 Å². The first-order chi connectivity index (χ1) is 13.1. The molecule has 0 atom stereocenters. The molecule has 0 spiro atoms. The Balaban J connectivity index is 2.07. The van der Waals surface area contributed by atoms with Gasteiger partial charge in [-0.15, -0.1) is 0 Å². The predicted molar refractivity (Wildman–Crippen MR) is 99.4 cm³/mol. The SMILES string of the molecule is CCOC(=O)c1cnc(-c2ccccc2)nc1Oc1cc(C#N)ccc1C. The molecule has 0 fully saturated rings. The Bertz CT molecular complexity index is 1010. The Kier molecular flexibility index (Phi) is 5.43. The van der Waals surface area contributed by atoms with Crippen molar-refractivity contribution in [3.63, 3.8) is 0 Å². The molecule has 0 aliphatic carbocycles. The lowest BCUT2D eigenvalue weighted by Gasteiger charge is -2.12. The van der Waals surface area contributed by atoms with Gasteiger partial charge in [-0.1, -0.05) is 36.4 Å². The number of hydrogen-bond acceptors (Lipinski definition) is 6. The van der Waals surface area contributed by atoms with Gasteiger partial charge in [-0.05, 0) is 31.5 Å². The van der Waals surface area contributed by atoms with E-state index in [4.69, 9.17) is 14.7 Å². The smallest absolute Gasteiger partial charge is 0.345 e. The van der Waals surface area contributed by atoms with E-state index in [2.05, 4.69) is 16.0 Å². The summed E-state index contributed by atoms with van der Waals surface area (Å²) in [6.07, 6.45) is 1.39. The van der Waals surface area contributed by atoms with Crippen LogP contribution in [0.3, 0.4) is 0 Å². The summed E-state index contributed by atoms with van der Waals surface area (Å²) in [5, 5.41) is 9.12. The molecule has 3 aromatic rings. The van der Waals surface area contributed by atoms with E-state index in [-0.39, 0.29) is 18.1 Å². The van der Waals surface area contributed by atoms with E-state index < -0.39 is 5.97 Å². The number of carbonyl (C=O) groups excluding carboxylic acids is 1. The van der Waals surface area contributed by atoms with Gasteiger partial charge in [0.15, 0.2) is 5.82 Å². The average molecular weight is 359 g/mol. The number of esters is 1. The molecule has 0 unspecified atom stereocenters. The van der Waals surface area contributed by atoms with Gasteiger partial charge in [-0.2, -0.15) is 10.2 Å². The molecular formula is C21H17N3O3. The molecule has 0 amide bonds. The van der Waals surface area contributed by atoms with Gasteiger partial charge in [0.1, 0.15) is 11.3 Å². The van der Waals surface area contributed by atoms with Crippen LogP contribution in [0.2, 0.25) is 0 Å². The number of nitriles is 1. The Morgan fingerprint density at radius 2 is 1.96 bits per heavy atom. The fourth-order valence-electron chi connectivity index (χ4n) is 2.40. The zero-order chi connectivity index (χ0) is 19.2. The van der Waals surface area contributed by atoms with Crippen LogP contribution in [0.25, 0.3) is 11.4 Å². The molecule has 6 nitrogen and oxygen atoms in total. The second-order valence-electron chi connectivity index (χ2n) is 5.69. The van der Waals surface area contributed by atoms with Crippen LogP contribution in [-0.2, 0) is 4.74 Å². The summed E-state index contributed by atoms with van der Waals surface area (Å²) in [7, 11) is 0. The first-order valence-corrected chi connectivity index (χ1v) is 8.40. The van der Waals surface area contributed by atoms with Crippen molar-refractivity contribution in [3.8, 4) is 29.1 Å². The van der Waals surface area contributed by atoms with E-state index in [0.29, 0.717) is 17.1 Å². The van der Waals surface area contributed by atoms with Gasteiger partial charge in [0, 0.05) is 11.8 Å². The minimum Gasteiger partial charge on any atom is -0.462 e.